The molecule has 0 unspecified atom stereocenters. The van der Waals surface area contributed by atoms with Crippen molar-refractivity contribution in [3.8, 4) is 0 Å². The van der Waals surface area contributed by atoms with Crippen molar-refractivity contribution in [2.24, 2.45) is 0 Å². The Morgan fingerprint density at radius 2 is 1.77 bits per heavy atom. The van der Waals surface area contributed by atoms with Crippen molar-refractivity contribution in [2.45, 2.75) is 45.5 Å². The van der Waals surface area contributed by atoms with Gasteiger partial charge in [0, 0.05) is 6.42 Å². The van der Waals surface area contributed by atoms with Gasteiger partial charge in [0.1, 0.15) is 26.5 Å². The zero-order valence-corrected chi connectivity index (χ0v) is 22.9. The summed E-state index contributed by atoms with van der Waals surface area (Å²) in [6.07, 6.45) is -5.25. The van der Waals surface area contributed by atoms with Crippen LogP contribution < -0.4 is 10.6 Å². The van der Waals surface area contributed by atoms with Gasteiger partial charge in [0.25, 0.3) is 5.91 Å². The van der Waals surface area contributed by atoms with Crippen LogP contribution in [0.25, 0.3) is 0 Å². The standard InChI is InChI=1S/C25H23ClF4N4O5S/c1-4-38-23(36)16-11(3)19(24(37)39-5-2)40-22(16)32-21(35)18-17(26)20-31-14(12-6-8-13(27)9-7-12)10-15(25(28,29)30)34(20)33-18/h6-9,14-15,31H,4-5,10H2,1-3H3,(H,32,35)/t14-,15+/m0/s1. The minimum absolute atomic E-state index is 0.00949. The third-order valence-electron chi connectivity index (χ3n) is 6.10. The quantitative estimate of drug-likeness (QED) is 0.241. The van der Waals surface area contributed by atoms with E-state index >= 15 is 0 Å². The van der Waals surface area contributed by atoms with E-state index in [1.165, 1.54) is 19.1 Å². The summed E-state index contributed by atoms with van der Waals surface area (Å²) in [5.41, 5.74) is -0.0686. The molecule has 0 saturated heterocycles. The van der Waals surface area contributed by atoms with Crippen LogP contribution >= 0.6 is 22.9 Å². The monoisotopic (exact) mass is 602 g/mol. The van der Waals surface area contributed by atoms with E-state index in [4.69, 9.17) is 21.1 Å². The van der Waals surface area contributed by atoms with Crippen molar-refractivity contribution in [3.63, 3.8) is 0 Å². The molecule has 0 fully saturated rings. The Labute approximate surface area is 234 Å². The first-order valence-electron chi connectivity index (χ1n) is 12.0. The molecule has 0 aliphatic carbocycles. The van der Waals surface area contributed by atoms with E-state index in [0.29, 0.717) is 10.2 Å². The number of halogens is 5. The normalized spacial score (nSPS) is 16.6. The maximum Gasteiger partial charge on any atom is 0.410 e. The summed E-state index contributed by atoms with van der Waals surface area (Å²) < 4.78 is 66.3. The summed E-state index contributed by atoms with van der Waals surface area (Å²) in [7, 11) is 0. The van der Waals surface area contributed by atoms with Crippen LogP contribution in [-0.2, 0) is 9.47 Å². The van der Waals surface area contributed by atoms with Crippen molar-refractivity contribution in [1.82, 2.24) is 9.78 Å². The summed E-state index contributed by atoms with van der Waals surface area (Å²) in [5.74, 6) is -3.37. The van der Waals surface area contributed by atoms with Crippen molar-refractivity contribution in [2.75, 3.05) is 23.8 Å². The molecular weight excluding hydrogens is 580 g/mol. The summed E-state index contributed by atoms with van der Waals surface area (Å²) in [4.78, 5) is 38.3. The second kappa shape index (κ2) is 11.5. The van der Waals surface area contributed by atoms with Crippen LogP contribution in [0.2, 0.25) is 5.02 Å². The van der Waals surface area contributed by atoms with Gasteiger partial charge in [-0.25, -0.2) is 18.7 Å². The molecule has 4 rings (SSSR count). The fourth-order valence-corrected chi connectivity index (χ4v) is 5.60. The number of aromatic nitrogens is 2. The SMILES string of the molecule is CCOC(=O)c1sc(NC(=O)c2nn3c(c2Cl)N[C@H](c2ccc(F)cc2)C[C@@H]3C(F)(F)F)c(C(=O)OCC)c1C. The maximum absolute atomic E-state index is 14.1. The Balaban J connectivity index is 1.72. The van der Waals surface area contributed by atoms with Gasteiger partial charge in [0.2, 0.25) is 0 Å². The molecular formula is C25H23ClF4N4O5S. The highest BCUT2D eigenvalue weighted by atomic mass is 35.5. The van der Waals surface area contributed by atoms with Crippen LogP contribution in [0, 0.1) is 12.7 Å². The fraction of sp³-hybridized carbons (Fsp3) is 0.360. The molecule has 1 amide bonds. The minimum atomic E-state index is -4.76. The number of carbonyl (C=O) groups excluding carboxylic acids is 3. The lowest BCUT2D eigenvalue weighted by Gasteiger charge is -2.33. The van der Waals surface area contributed by atoms with E-state index in [9.17, 15) is 31.9 Å². The van der Waals surface area contributed by atoms with E-state index in [-0.39, 0.29) is 40.0 Å². The highest BCUT2D eigenvalue weighted by Gasteiger charge is 2.48. The molecule has 214 valence electrons. The topological polar surface area (TPSA) is 112 Å². The third kappa shape index (κ3) is 5.63. The first kappa shape index (κ1) is 29.3. The number of alkyl halides is 3. The van der Waals surface area contributed by atoms with Crippen LogP contribution in [0.5, 0.6) is 0 Å². The van der Waals surface area contributed by atoms with E-state index in [1.807, 2.05) is 0 Å². The molecule has 3 aromatic rings. The molecule has 2 atom stereocenters. The zero-order valence-electron chi connectivity index (χ0n) is 21.3. The van der Waals surface area contributed by atoms with Gasteiger partial charge >= 0.3 is 18.1 Å². The molecule has 40 heavy (non-hydrogen) atoms. The highest BCUT2D eigenvalue weighted by Crippen LogP contribution is 2.46. The molecule has 9 nitrogen and oxygen atoms in total. The lowest BCUT2D eigenvalue weighted by Crippen LogP contribution is -2.35. The minimum Gasteiger partial charge on any atom is -0.462 e. The summed E-state index contributed by atoms with van der Waals surface area (Å²) >= 11 is 7.13. The number of thiophene rings is 1. The van der Waals surface area contributed by atoms with E-state index in [2.05, 4.69) is 15.7 Å². The second-order valence-electron chi connectivity index (χ2n) is 8.65. The molecule has 1 aromatic carbocycles. The number of benzene rings is 1. The number of ether oxygens (including phenoxy) is 2. The number of nitrogens with zero attached hydrogens (tertiary/aromatic N) is 2. The predicted molar refractivity (Wildman–Crippen MR) is 139 cm³/mol. The maximum atomic E-state index is 14.1. The van der Waals surface area contributed by atoms with Gasteiger partial charge in [-0.05, 0) is 44.0 Å². The van der Waals surface area contributed by atoms with Gasteiger partial charge in [0.15, 0.2) is 11.7 Å². The Hall–Kier alpha value is -3.65. The molecule has 15 heteroatoms. The number of hydrogen-bond donors (Lipinski definition) is 2. The molecule has 3 heterocycles. The lowest BCUT2D eigenvalue weighted by molar-refractivity contribution is -0.173. The Morgan fingerprint density at radius 1 is 1.15 bits per heavy atom. The Morgan fingerprint density at radius 3 is 2.38 bits per heavy atom. The molecule has 0 bridgehead atoms. The molecule has 0 radical (unpaired) electrons. The van der Waals surface area contributed by atoms with Crippen molar-refractivity contribution < 1.29 is 41.4 Å². The van der Waals surface area contributed by atoms with Crippen LogP contribution in [0.1, 0.15) is 74.0 Å². The van der Waals surface area contributed by atoms with Gasteiger partial charge in [-0.15, -0.1) is 11.3 Å². The second-order valence-corrected chi connectivity index (χ2v) is 10.1. The predicted octanol–water partition coefficient (Wildman–Crippen LogP) is 6.31. The van der Waals surface area contributed by atoms with E-state index < -0.39 is 59.1 Å². The Bertz CT molecular complexity index is 1450. The molecule has 1 aliphatic heterocycles. The number of nitrogens with one attached hydrogen (secondary N) is 2. The number of carbonyl (C=O) groups is 3. The summed E-state index contributed by atoms with van der Waals surface area (Å²) in [6, 6.07) is 1.90. The lowest BCUT2D eigenvalue weighted by atomic mass is 9.97. The number of hydrogen-bond acceptors (Lipinski definition) is 8. The van der Waals surface area contributed by atoms with Crippen molar-refractivity contribution >= 4 is 51.6 Å². The zero-order chi connectivity index (χ0) is 29.4. The average molecular weight is 603 g/mol. The fourth-order valence-electron chi connectivity index (χ4n) is 4.25. The van der Waals surface area contributed by atoms with Crippen molar-refractivity contribution in [1.29, 1.82) is 0 Å². The van der Waals surface area contributed by atoms with Gasteiger partial charge in [-0.2, -0.15) is 18.3 Å². The van der Waals surface area contributed by atoms with Gasteiger partial charge < -0.3 is 20.1 Å². The molecule has 0 spiro atoms. The third-order valence-corrected chi connectivity index (χ3v) is 7.64. The van der Waals surface area contributed by atoms with Crippen LogP contribution in [0.4, 0.5) is 28.4 Å². The van der Waals surface area contributed by atoms with Crippen LogP contribution in [0.15, 0.2) is 24.3 Å². The first-order valence-corrected chi connectivity index (χ1v) is 13.2. The first-order chi connectivity index (χ1) is 18.9. The summed E-state index contributed by atoms with van der Waals surface area (Å²) in [5, 5.41) is 8.69. The van der Waals surface area contributed by atoms with E-state index in [0.717, 1.165) is 23.5 Å². The van der Waals surface area contributed by atoms with Crippen molar-refractivity contribution in [3.05, 3.63) is 62.4 Å². The number of amides is 1. The molecule has 1 aliphatic rings. The number of esters is 2. The number of rotatable bonds is 7. The largest absolute Gasteiger partial charge is 0.462 e. The highest BCUT2D eigenvalue weighted by molar-refractivity contribution is 7.18. The van der Waals surface area contributed by atoms with E-state index in [1.54, 1.807) is 13.8 Å². The smallest absolute Gasteiger partial charge is 0.410 e. The van der Waals surface area contributed by atoms with Crippen LogP contribution in [0.3, 0.4) is 0 Å². The van der Waals surface area contributed by atoms with Crippen LogP contribution in [-0.4, -0.2) is 47.0 Å². The number of anilines is 2. The van der Waals surface area contributed by atoms with Gasteiger partial charge in [-0.3, -0.25) is 4.79 Å². The molecule has 2 N–H and O–H groups in total. The van der Waals surface area contributed by atoms with Gasteiger partial charge in [0.05, 0.1) is 24.8 Å². The number of fused-ring (bicyclic) bond motifs is 1. The molecule has 0 saturated carbocycles. The average Bonchev–Trinajstić information content (AvgIpc) is 3.40. The van der Waals surface area contributed by atoms with Gasteiger partial charge in [-0.1, -0.05) is 23.7 Å². The molecule has 2 aromatic heterocycles. The Kier molecular flexibility index (Phi) is 8.40. The summed E-state index contributed by atoms with van der Waals surface area (Å²) in [6.45, 7) is 4.72.